The summed E-state index contributed by atoms with van der Waals surface area (Å²) in [6.45, 7) is 40.8. The molecule has 0 unspecified atom stereocenters. The molecule has 0 saturated carbocycles. The topological polar surface area (TPSA) is 64.6 Å². The van der Waals surface area contributed by atoms with Crippen molar-refractivity contribution in [1.29, 1.82) is 0 Å². The molecule has 0 aromatic heterocycles. The fourth-order valence-electron chi connectivity index (χ4n) is 4.07. The van der Waals surface area contributed by atoms with Crippen LogP contribution in [0.15, 0.2) is 0 Å². The summed E-state index contributed by atoms with van der Waals surface area (Å²) in [4.78, 5) is 0. The van der Waals surface area contributed by atoms with Crippen LogP contribution in [0.5, 0.6) is 0 Å². The summed E-state index contributed by atoms with van der Waals surface area (Å²) in [5.74, 6) is 0. The van der Waals surface area contributed by atoms with Gasteiger partial charge in [0.2, 0.25) is 0 Å². The molecule has 0 N–H and O–H groups in total. The predicted octanol–water partition coefficient (Wildman–Crippen LogP) is 8.25. The molecule has 0 aliphatic rings. The Morgan fingerprint density at radius 2 is 0.698 bits per heavy atom. The average molecular weight is 782 g/mol. The van der Waals surface area contributed by atoms with Crippen LogP contribution in [0.4, 0.5) is 0 Å². The highest BCUT2D eigenvalue weighted by molar-refractivity contribution is 6.90. The third-order valence-corrected chi connectivity index (χ3v) is 36.5. The Balaban J connectivity index is 0. The van der Waals surface area contributed by atoms with E-state index in [1.54, 1.807) is 0 Å². The van der Waals surface area contributed by atoms with Crippen molar-refractivity contribution < 1.29 is 29.4 Å². The molecule has 0 spiro atoms. The van der Waals surface area contributed by atoms with Crippen LogP contribution >= 0.6 is 0 Å². The van der Waals surface area contributed by atoms with Crippen LogP contribution in [0.2, 0.25) is 154 Å². The van der Waals surface area contributed by atoms with Crippen molar-refractivity contribution in [2.45, 2.75) is 154 Å². The van der Waals surface area contributed by atoms with E-state index in [1.807, 2.05) is 14.2 Å². The van der Waals surface area contributed by atoms with Crippen molar-refractivity contribution in [3.63, 3.8) is 0 Å². The third-order valence-electron chi connectivity index (χ3n) is 6.40. The molecule has 0 atom stereocenters. The standard InChI is InChI=1S/C14H40O4Si5.C12H36O3Si5/c1-15-22(11,12)13-14-23(16-19(2,3)4,17-20(5,6)7)18-21(8,9)10;1-13-19(5,6)11-9-17-15-20(7,8)12-10-16-14-18(2,3)4/h13-14H2,1-12H3;9-12,16-17H2,1-8H3. The van der Waals surface area contributed by atoms with Gasteiger partial charge in [0.15, 0.2) is 58.2 Å². The van der Waals surface area contributed by atoms with Gasteiger partial charge in [0, 0.05) is 20.3 Å². The third kappa shape index (κ3) is 29.7. The highest BCUT2D eigenvalue weighted by Crippen LogP contribution is 2.32. The minimum Gasteiger partial charge on any atom is -0.461 e. The zero-order valence-corrected chi connectivity index (χ0v) is 43.3. The first-order valence-corrected chi connectivity index (χ1v) is 44.4. The molecule has 7 nitrogen and oxygen atoms in total. The Hall–Kier alpha value is 1.89. The molecular formula is C26H76O7Si10. The van der Waals surface area contributed by atoms with E-state index >= 15 is 0 Å². The second-order valence-electron chi connectivity index (χ2n) is 17.5. The Labute approximate surface area is 282 Å². The largest absolute Gasteiger partial charge is 0.469 e. The second-order valence-corrected chi connectivity index (χ2v) is 56.2. The lowest BCUT2D eigenvalue weighted by Gasteiger charge is -2.43. The highest BCUT2D eigenvalue weighted by atomic mass is 28.5. The number of rotatable bonds is 21. The number of hydrogen-bond donors (Lipinski definition) is 0. The first-order chi connectivity index (χ1) is 18.9. The van der Waals surface area contributed by atoms with Crippen molar-refractivity contribution in [2.75, 3.05) is 14.2 Å². The smallest absolute Gasteiger partial charge is 0.461 e. The van der Waals surface area contributed by atoms with Crippen LogP contribution in [0, 0.1) is 0 Å². The van der Waals surface area contributed by atoms with E-state index in [9.17, 15) is 0 Å². The van der Waals surface area contributed by atoms with Crippen molar-refractivity contribution in [2.24, 2.45) is 0 Å². The molecule has 0 aromatic carbocycles. The first kappa shape index (κ1) is 47.0. The van der Waals surface area contributed by atoms with Gasteiger partial charge in [-0.25, -0.2) is 0 Å². The van der Waals surface area contributed by atoms with Crippen molar-refractivity contribution >= 4 is 86.6 Å². The van der Waals surface area contributed by atoms with Gasteiger partial charge in [0.05, 0.1) is 0 Å². The van der Waals surface area contributed by atoms with E-state index in [0.29, 0.717) is 0 Å². The maximum Gasteiger partial charge on any atom is 0.469 e. The van der Waals surface area contributed by atoms with Gasteiger partial charge in [-0.2, -0.15) is 0 Å². The Kier molecular flexibility index (Phi) is 21.0. The maximum absolute atomic E-state index is 6.69. The zero-order chi connectivity index (χ0) is 34.6. The van der Waals surface area contributed by atoms with Crippen LogP contribution in [0.3, 0.4) is 0 Å². The minimum atomic E-state index is -2.69. The van der Waals surface area contributed by atoms with Gasteiger partial charge in [-0.15, -0.1) is 0 Å². The molecule has 0 aromatic rings. The van der Waals surface area contributed by atoms with E-state index in [0.717, 1.165) is 12.1 Å². The summed E-state index contributed by atoms with van der Waals surface area (Å²) >= 11 is 0. The van der Waals surface area contributed by atoms with Gasteiger partial charge in [0.1, 0.15) is 19.5 Å². The molecule has 0 rings (SSSR count). The number of hydrogen-bond acceptors (Lipinski definition) is 7. The quantitative estimate of drug-likeness (QED) is 0.0859. The summed E-state index contributed by atoms with van der Waals surface area (Å²) in [5, 5.41) is 0. The average Bonchev–Trinajstić information content (AvgIpc) is 2.75. The van der Waals surface area contributed by atoms with Crippen LogP contribution in [-0.2, 0) is 29.4 Å². The summed E-state index contributed by atoms with van der Waals surface area (Å²) in [6.07, 6.45) is 0. The van der Waals surface area contributed by atoms with Crippen molar-refractivity contribution in [1.82, 2.24) is 0 Å². The lowest BCUT2D eigenvalue weighted by Crippen LogP contribution is -2.60. The molecule has 0 aliphatic heterocycles. The van der Waals surface area contributed by atoms with Gasteiger partial charge in [0.25, 0.3) is 0 Å². The Bertz CT molecular complexity index is 719. The minimum absolute atomic E-state index is 0.309. The van der Waals surface area contributed by atoms with Gasteiger partial charge in [-0.1, -0.05) is 0 Å². The normalized spacial score (nSPS) is 15.1. The lowest BCUT2D eigenvalue weighted by atomic mass is 10.9. The summed E-state index contributed by atoms with van der Waals surface area (Å²) in [5.41, 5.74) is 0. The summed E-state index contributed by atoms with van der Waals surface area (Å²) < 4.78 is 43.8. The van der Waals surface area contributed by atoms with E-state index in [-0.39, 0.29) is 19.5 Å². The molecule has 43 heavy (non-hydrogen) atoms. The fourth-order valence-corrected chi connectivity index (χ4v) is 36.5. The zero-order valence-electron chi connectivity index (χ0n) is 32.5. The van der Waals surface area contributed by atoms with Crippen LogP contribution < -0.4 is 0 Å². The monoisotopic (exact) mass is 780 g/mol. The van der Waals surface area contributed by atoms with E-state index < -0.39 is 67.0 Å². The molecular weight excluding hydrogens is 705 g/mol. The van der Waals surface area contributed by atoms with Gasteiger partial charge >= 0.3 is 8.80 Å². The molecule has 17 heteroatoms. The van der Waals surface area contributed by atoms with Gasteiger partial charge in [-0.3, -0.25) is 0 Å². The predicted molar refractivity (Wildman–Crippen MR) is 217 cm³/mol. The molecule has 0 fully saturated rings. The van der Waals surface area contributed by atoms with E-state index in [2.05, 4.69) is 118 Å². The molecule has 0 bridgehead atoms. The SMILES string of the molecule is CO[Si](C)(C)CC[SiH2]O[Si](C)(C)CC[SiH2]O[Si](C)(C)C.CO[Si](C)(C)CC[Si](O[Si](C)(C)C)(O[Si](C)(C)C)O[Si](C)(C)C. The Morgan fingerprint density at radius 3 is 1.02 bits per heavy atom. The van der Waals surface area contributed by atoms with Crippen LogP contribution in [-0.4, -0.2) is 101 Å². The molecule has 262 valence electrons. The Morgan fingerprint density at radius 1 is 0.372 bits per heavy atom. The summed E-state index contributed by atoms with van der Waals surface area (Å²) in [6, 6.07) is 7.05. The summed E-state index contributed by atoms with van der Waals surface area (Å²) in [7, 11) is -10.7. The van der Waals surface area contributed by atoms with Crippen molar-refractivity contribution in [3.05, 3.63) is 0 Å². The maximum atomic E-state index is 6.69. The highest BCUT2D eigenvalue weighted by Gasteiger charge is 2.50. The first-order valence-electron chi connectivity index (χ1n) is 16.3. The van der Waals surface area contributed by atoms with Crippen LogP contribution in [0.25, 0.3) is 0 Å². The second kappa shape index (κ2) is 19.2. The molecule has 0 amide bonds. The van der Waals surface area contributed by atoms with Gasteiger partial charge in [-0.05, 0) is 148 Å². The molecule has 0 saturated heterocycles. The molecule has 0 aliphatic carbocycles. The molecule has 0 heterocycles. The lowest BCUT2D eigenvalue weighted by molar-refractivity contribution is 0.252. The van der Waals surface area contributed by atoms with E-state index in [4.69, 9.17) is 29.4 Å². The fraction of sp³-hybridized carbons (Fsp3) is 1.00. The van der Waals surface area contributed by atoms with Gasteiger partial charge < -0.3 is 29.4 Å². The molecule has 0 radical (unpaired) electrons. The van der Waals surface area contributed by atoms with Crippen LogP contribution in [0.1, 0.15) is 0 Å². The van der Waals surface area contributed by atoms with E-state index in [1.165, 1.54) is 24.2 Å². The van der Waals surface area contributed by atoms with Crippen molar-refractivity contribution in [3.8, 4) is 0 Å².